The molecule has 2 aromatic heterocycles. The number of nitrogens with zero attached hydrogens (tertiary/aromatic N) is 2. The minimum Gasteiger partial charge on any atom is -0.464 e. The van der Waals surface area contributed by atoms with Gasteiger partial charge in [-0.2, -0.15) is 0 Å². The molecule has 0 fully saturated rings. The number of hydrogen-bond donors (Lipinski definition) is 1. The number of carbonyl (C=O) groups excluding carboxylic acids is 3. The molecule has 8 heteroatoms. The Kier molecular flexibility index (Phi) is 6.66. The highest BCUT2D eigenvalue weighted by Gasteiger charge is 2.20. The van der Waals surface area contributed by atoms with E-state index in [4.69, 9.17) is 4.74 Å². The molecule has 158 valence electrons. The van der Waals surface area contributed by atoms with Gasteiger partial charge < -0.3 is 14.6 Å². The number of Topliss-reactive ketones (excluding diaryl/α,β-unsaturated/α-hetero) is 1. The van der Waals surface area contributed by atoms with Crippen molar-refractivity contribution in [1.29, 1.82) is 0 Å². The zero-order chi connectivity index (χ0) is 21.8. The maximum Gasteiger partial charge on any atom is 0.357 e. The summed E-state index contributed by atoms with van der Waals surface area (Å²) in [7, 11) is 1.32. The van der Waals surface area contributed by atoms with Crippen LogP contribution < -0.4 is 5.32 Å². The van der Waals surface area contributed by atoms with Crippen molar-refractivity contribution in [3.05, 3.63) is 46.6 Å². The normalized spacial score (nSPS) is 11.1. The number of rotatable bonds is 8. The molecule has 0 spiro atoms. The number of aromatic nitrogens is 2. The number of esters is 1. The fourth-order valence-corrected chi connectivity index (χ4v) is 4.46. The Balaban J connectivity index is 1.72. The third-order valence-corrected chi connectivity index (χ3v) is 5.66. The molecule has 0 radical (unpaired) electrons. The monoisotopic (exact) mass is 427 g/mol. The van der Waals surface area contributed by atoms with Gasteiger partial charge in [0, 0.05) is 40.5 Å². The Bertz CT molecular complexity index is 1100. The Hall–Kier alpha value is -3.00. The quantitative estimate of drug-likeness (QED) is 0.427. The second kappa shape index (κ2) is 9.21. The summed E-state index contributed by atoms with van der Waals surface area (Å²) in [6, 6.07) is 7.63. The lowest BCUT2D eigenvalue weighted by molar-refractivity contribution is -0.116. The highest BCUT2D eigenvalue weighted by Crippen LogP contribution is 2.27. The van der Waals surface area contributed by atoms with Crippen LogP contribution in [0.15, 0.2) is 30.5 Å². The number of methoxy groups -OCH3 is 1. The first-order chi connectivity index (χ1) is 14.3. The Morgan fingerprint density at radius 1 is 1.23 bits per heavy atom. The number of para-hydroxylation sites is 1. The fourth-order valence-electron chi connectivity index (χ4n) is 3.29. The summed E-state index contributed by atoms with van der Waals surface area (Å²) in [5, 5.41) is 4.05. The first-order valence-electron chi connectivity index (χ1n) is 9.76. The number of benzene rings is 1. The van der Waals surface area contributed by atoms with Crippen molar-refractivity contribution in [2.45, 2.75) is 40.2 Å². The number of aryl methyl sites for hydroxylation is 1. The van der Waals surface area contributed by atoms with Gasteiger partial charge in [-0.3, -0.25) is 9.59 Å². The summed E-state index contributed by atoms with van der Waals surface area (Å²) in [6.07, 6.45) is 2.68. The van der Waals surface area contributed by atoms with E-state index in [-0.39, 0.29) is 23.8 Å². The SMILES string of the molecule is COC(=O)c1nc(NC(=O)CCn2cc(C(C)=O)c3ccccc32)sc1CC(C)C. The van der Waals surface area contributed by atoms with Crippen LogP contribution in [-0.4, -0.2) is 34.3 Å². The molecule has 30 heavy (non-hydrogen) atoms. The number of amides is 1. The third kappa shape index (κ3) is 4.76. The van der Waals surface area contributed by atoms with Crippen molar-refractivity contribution >= 4 is 45.0 Å². The molecule has 2 heterocycles. The molecule has 0 atom stereocenters. The lowest BCUT2D eigenvalue weighted by atomic mass is 10.1. The van der Waals surface area contributed by atoms with Gasteiger partial charge in [-0.1, -0.05) is 32.0 Å². The average Bonchev–Trinajstić information content (AvgIpc) is 3.26. The molecular formula is C22H25N3O4S. The van der Waals surface area contributed by atoms with Crippen LogP contribution in [0.5, 0.6) is 0 Å². The number of fused-ring (bicyclic) bond motifs is 1. The second-order valence-electron chi connectivity index (χ2n) is 7.49. The molecule has 0 aliphatic rings. The number of thiazole rings is 1. The van der Waals surface area contributed by atoms with Crippen LogP contribution in [0.4, 0.5) is 5.13 Å². The van der Waals surface area contributed by atoms with Crippen molar-refractivity contribution in [3.63, 3.8) is 0 Å². The number of hydrogen-bond acceptors (Lipinski definition) is 6. The molecule has 1 amide bonds. The maximum atomic E-state index is 12.5. The standard InChI is InChI=1S/C22H25N3O4S/c1-13(2)11-18-20(21(28)29-4)24-22(30-18)23-19(27)9-10-25-12-16(14(3)26)15-7-5-6-8-17(15)25/h5-8,12-13H,9-11H2,1-4H3,(H,23,24,27). The van der Waals surface area contributed by atoms with Crippen LogP contribution in [0.25, 0.3) is 10.9 Å². The first kappa shape index (κ1) is 21.7. The molecule has 0 aliphatic heterocycles. The van der Waals surface area contributed by atoms with E-state index < -0.39 is 5.97 Å². The summed E-state index contributed by atoms with van der Waals surface area (Å²) in [5.41, 5.74) is 1.82. The summed E-state index contributed by atoms with van der Waals surface area (Å²) < 4.78 is 6.72. The van der Waals surface area contributed by atoms with Gasteiger partial charge in [0.1, 0.15) is 0 Å². The number of ether oxygens (including phenoxy) is 1. The molecule has 0 saturated heterocycles. The zero-order valence-electron chi connectivity index (χ0n) is 17.5. The average molecular weight is 428 g/mol. The van der Waals surface area contributed by atoms with Crippen molar-refractivity contribution in [3.8, 4) is 0 Å². The van der Waals surface area contributed by atoms with Crippen molar-refractivity contribution in [1.82, 2.24) is 9.55 Å². The lowest BCUT2D eigenvalue weighted by Crippen LogP contribution is -2.14. The summed E-state index contributed by atoms with van der Waals surface area (Å²) in [6.45, 7) is 6.06. The molecular weight excluding hydrogens is 402 g/mol. The molecule has 3 rings (SSSR count). The number of ketones is 1. The Morgan fingerprint density at radius 2 is 1.97 bits per heavy atom. The van der Waals surface area contributed by atoms with E-state index in [1.807, 2.05) is 28.8 Å². The molecule has 1 N–H and O–H groups in total. The van der Waals surface area contributed by atoms with Crippen molar-refractivity contribution in [2.24, 2.45) is 5.92 Å². The summed E-state index contributed by atoms with van der Waals surface area (Å²) in [5.74, 6) is -0.378. The topological polar surface area (TPSA) is 90.3 Å². The van der Waals surface area contributed by atoms with Gasteiger partial charge in [0.25, 0.3) is 0 Å². The maximum absolute atomic E-state index is 12.5. The van der Waals surface area contributed by atoms with Crippen LogP contribution in [-0.2, 0) is 22.5 Å². The van der Waals surface area contributed by atoms with Gasteiger partial charge in [0.05, 0.1) is 7.11 Å². The van der Waals surface area contributed by atoms with Crippen LogP contribution in [0.3, 0.4) is 0 Å². The number of carbonyl (C=O) groups is 3. The van der Waals surface area contributed by atoms with Gasteiger partial charge >= 0.3 is 5.97 Å². The van der Waals surface area contributed by atoms with E-state index in [1.165, 1.54) is 25.4 Å². The Morgan fingerprint density at radius 3 is 2.63 bits per heavy atom. The van der Waals surface area contributed by atoms with E-state index >= 15 is 0 Å². The highest BCUT2D eigenvalue weighted by atomic mass is 32.1. The van der Waals surface area contributed by atoms with Crippen molar-refractivity contribution < 1.29 is 19.1 Å². The first-order valence-corrected chi connectivity index (χ1v) is 10.6. The van der Waals surface area contributed by atoms with Crippen molar-refractivity contribution in [2.75, 3.05) is 12.4 Å². The minimum absolute atomic E-state index is 0.00907. The molecule has 0 bridgehead atoms. The third-order valence-electron chi connectivity index (χ3n) is 4.66. The number of anilines is 1. The predicted octanol–water partition coefficient (Wildman–Crippen LogP) is 4.31. The molecule has 0 aliphatic carbocycles. The van der Waals surface area contributed by atoms with Crippen LogP contribution in [0.1, 0.15) is 52.9 Å². The Labute approximate surface area is 179 Å². The highest BCUT2D eigenvalue weighted by molar-refractivity contribution is 7.16. The van der Waals surface area contributed by atoms with E-state index in [0.717, 1.165) is 15.8 Å². The van der Waals surface area contributed by atoms with Gasteiger partial charge in [0.2, 0.25) is 5.91 Å². The molecule has 3 aromatic rings. The number of nitrogens with one attached hydrogen (secondary N) is 1. The van der Waals surface area contributed by atoms with E-state index in [0.29, 0.717) is 29.6 Å². The molecule has 0 saturated carbocycles. The molecule has 7 nitrogen and oxygen atoms in total. The van der Waals surface area contributed by atoms with Crippen LogP contribution in [0.2, 0.25) is 0 Å². The minimum atomic E-state index is -0.502. The summed E-state index contributed by atoms with van der Waals surface area (Å²) in [4.78, 5) is 41.5. The lowest BCUT2D eigenvalue weighted by Gasteiger charge is -2.05. The van der Waals surface area contributed by atoms with Crippen LogP contribution in [0, 0.1) is 5.92 Å². The predicted molar refractivity (Wildman–Crippen MR) is 117 cm³/mol. The van der Waals surface area contributed by atoms with Gasteiger partial charge in [-0.05, 0) is 25.3 Å². The second-order valence-corrected chi connectivity index (χ2v) is 8.57. The zero-order valence-corrected chi connectivity index (χ0v) is 18.3. The summed E-state index contributed by atoms with van der Waals surface area (Å²) >= 11 is 1.30. The van der Waals surface area contributed by atoms with Crippen LogP contribution >= 0.6 is 11.3 Å². The fraction of sp³-hybridized carbons (Fsp3) is 0.364. The largest absolute Gasteiger partial charge is 0.464 e. The molecule has 0 unspecified atom stereocenters. The van der Waals surface area contributed by atoms with Gasteiger partial charge in [-0.25, -0.2) is 9.78 Å². The van der Waals surface area contributed by atoms with E-state index in [2.05, 4.69) is 24.1 Å². The van der Waals surface area contributed by atoms with E-state index in [9.17, 15) is 14.4 Å². The van der Waals surface area contributed by atoms with Gasteiger partial charge in [-0.15, -0.1) is 11.3 Å². The van der Waals surface area contributed by atoms with E-state index in [1.54, 1.807) is 6.20 Å². The molecule has 1 aromatic carbocycles. The smallest absolute Gasteiger partial charge is 0.357 e. The van der Waals surface area contributed by atoms with Gasteiger partial charge in [0.15, 0.2) is 16.6 Å².